The maximum atomic E-state index is 11.6. The van der Waals surface area contributed by atoms with Gasteiger partial charge in [0.1, 0.15) is 5.25 Å². The lowest BCUT2D eigenvalue weighted by atomic mass is 10.2. The lowest BCUT2D eigenvalue weighted by Crippen LogP contribution is -2.26. The summed E-state index contributed by atoms with van der Waals surface area (Å²) in [5.74, 6) is -0.312. The SMILES string of the molecule is COc1cc(Br)c(/C=N/N=C2\NC(=O)C(CC(=O)O)S2)cc1OC. The summed E-state index contributed by atoms with van der Waals surface area (Å²) in [6, 6.07) is 3.46. The number of methoxy groups -OCH3 is 2. The van der Waals surface area contributed by atoms with E-state index in [0.717, 1.165) is 16.2 Å². The zero-order valence-corrected chi connectivity index (χ0v) is 15.2. The van der Waals surface area contributed by atoms with Crippen molar-refractivity contribution in [1.82, 2.24) is 5.32 Å². The molecule has 1 heterocycles. The van der Waals surface area contributed by atoms with Gasteiger partial charge in [0.05, 0.1) is 26.9 Å². The zero-order valence-electron chi connectivity index (χ0n) is 12.8. The third-order valence-corrected chi connectivity index (χ3v) is 4.74. The molecule has 8 nitrogen and oxygen atoms in total. The lowest BCUT2D eigenvalue weighted by molar-refractivity contribution is -0.138. The fourth-order valence-corrected chi connectivity index (χ4v) is 3.20. The number of halogens is 1. The number of benzene rings is 1. The molecule has 1 aliphatic heterocycles. The first-order valence-corrected chi connectivity index (χ1v) is 8.33. The molecule has 0 radical (unpaired) electrons. The molecule has 1 aromatic carbocycles. The summed E-state index contributed by atoms with van der Waals surface area (Å²) in [5.41, 5.74) is 0.702. The molecule has 1 unspecified atom stereocenters. The summed E-state index contributed by atoms with van der Waals surface area (Å²) in [5, 5.41) is 18.6. The summed E-state index contributed by atoms with van der Waals surface area (Å²) in [7, 11) is 3.07. The summed E-state index contributed by atoms with van der Waals surface area (Å²) in [6.07, 6.45) is 1.22. The van der Waals surface area contributed by atoms with Crippen LogP contribution in [0.5, 0.6) is 11.5 Å². The number of ether oxygens (including phenoxy) is 2. The molecule has 24 heavy (non-hydrogen) atoms. The van der Waals surface area contributed by atoms with Crippen molar-refractivity contribution in [3.8, 4) is 11.5 Å². The average molecular weight is 416 g/mol. The fraction of sp³-hybridized carbons (Fsp3) is 0.286. The number of nitrogens with zero attached hydrogens (tertiary/aromatic N) is 2. The Labute approximate surface area is 150 Å². The second-order valence-electron chi connectivity index (χ2n) is 4.57. The predicted octanol–water partition coefficient (Wildman–Crippen LogP) is 1.86. The van der Waals surface area contributed by atoms with E-state index in [1.807, 2.05) is 0 Å². The van der Waals surface area contributed by atoms with Gasteiger partial charge in [-0.25, -0.2) is 0 Å². The number of carboxylic acid groups (broad SMARTS) is 1. The minimum Gasteiger partial charge on any atom is -0.493 e. The summed E-state index contributed by atoms with van der Waals surface area (Å²) in [4.78, 5) is 22.3. The Morgan fingerprint density at radius 1 is 1.42 bits per heavy atom. The molecule has 1 atom stereocenters. The number of carboxylic acids is 1. The summed E-state index contributed by atoms with van der Waals surface area (Å²) in [6.45, 7) is 0. The number of rotatable bonds is 6. The number of aliphatic carboxylic acids is 1. The first kappa shape index (κ1) is 18.3. The molecule has 0 saturated carbocycles. The van der Waals surface area contributed by atoms with E-state index in [0.29, 0.717) is 17.1 Å². The van der Waals surface area contributed by atoms with Crippen LogP contribution in [0.25, 0.3) is 0 Å². The number of nitrogens with one attached hydrogen (secondary N) is 1. The number of carbonyl (C=O) groups is 2. The number of hydrogen-bond donors (Lipinski definition) is 2. The van der Waals surface area contributed by atoms with E-state index in [4.69, 9.17) is 14.6 Å². The number of amidine groups is 1. The largest absolute Gasteiger partial charge is 0.493 e. The monoisotopic (exact) mass is 415 g/mol. The van der Waals surface area contributed by atoms with E-state index in [2.05, 4.69) is 31.4 Å². The highest BCUT2D eigenvalue weighted by Crippen LogP contribution is 2.32. The van der Waals surface area contributed by atoms with Gasteiger partial charge in [-0.2, -0.15) is 5.10 Å². The fourth-order valence-electron chi connectivity index (χ4n) is 1.86. The molecule has 0 spiro atoms. The van der Waals surface area contributed by atoms with Crippen LogP contribution in [0.2, 0.25) is 0 Å². The van der Waals surface area contributed by atoms with E-state index in [9.17, 15) is 9.59 Å². The molecule has 1 saturated heterocycles. The van der Waals surface area contributed by atoms with Crippen LogP contribution in [0.1, 0.15) is 12.0 Å². The number of carbonyl (C=O) groups excluding carboxylic acids is 1. The maximum absolute atomic E-state index is 11.6. The van der Waals surface area contributed by atoms with Crippen LogP contribution >= 0.6 is 27.7 Å². The Bertz CT molecular complexity index is 723. The van der Waals surface area contributed by atoms with E-state index in [1.165, 1.54) is 20.4 Å². The van der Waals surface area contributed by atoms with Gasteiger partial charge in [-0.1, -0.05) is 11.8 Å². The molecule has 1 aromatic rings. The van der Waals surface area contributed by atoms with Crippen molar-refractivity contribution < 1.29 is 24.2 Å². The normalized spacial score (nSPS) is 18.9. The number of hydrogen-bond acceptors (Lipinski definition) is 7. The van der Waals surface area contributed by atoms with Gasteiger partial charge in [0, 0.05) is 10.0 Å². The minimum atomic E-state index is -1.04. The molecule has 2 N–H and O–H groups in total. The minimum absolute atomic E-state index is 0.263. The van der Waals surface area contributed by atoms with Gasteiger partial charge in [0.2, 0.25) is 5.91 Å². The van der Waals surface area contributed by atoms with Crippen LogP contribution in [0.15, 0.2) is 26.8 Å². The predicted molar refractivity (Wildman–Crippen MR) is 94.0 cm³/mol. The van der Waals surface area contributed by atoms with Gasteiger partial charge in [-0.3, -0.25) is 9.59 Å². The van der Waals surface area contributed by atoms with E-state index in [1.54, 1.807) is 12.1 Å². The second-order valence-corrected chi connectivity index (χ2v) is 6.62. The lowest BCUT2D eigenvalue weighted by Gasteiger charge is -2.09. The first-order chi connectivity index (χ1) is 11.4. The van der Waals surface area contributed by atoms with Crippen molar-refractivity contribution in [3.05, 3.63) is 22.2 Å². The van der Waals surface area contributed by atoms with E-state index in [-0.39, 0.29) is 17.5 Å². The van der Waals surface area contributed by atoms with Gasteiger partial charge in [0.15, 0.2) is 16.7 Å². The van der Waals surface area contributed by atoms with Gasteiger partial charge >= 0.3 is 5.97 Å². The number of amides is 1. The Balaban J connectivity index is 2.12. The van der Waals surface area contributed by atoms with Gasteiger partial charge in [-0.05, 0) is 28.1 Å². The second kappa shape index (κ2) is 8.15. The van der Waals surface area contributed by atoms with Crippen molar-refractivity contribution >= 4 is 51.0 Å². The molecule has 0 bridgehead atoms. The third-order valence-electron chi connectivity index (χ3n) is 2.98. The molecule has 128 valence electrons. The van der Waals surface area contributed by atoms with Crippen LogP contribution in [-0.4, -0.2) is 47.8 Å². The number of thioether (sulfide) groups is 1. The highest BCUT2D eigenvalue weighted by atomic mass is 79.9. The molecule has 0 aliphatic carbocycles. The summed E-state index contributed by atoms with van der Waals surface area (Å²) < 4.78 is 11.1. The van der Waals surface area contributed by atoms with Crippen molar-refractivity contribution in [2.24, 2.45) is 10.2 Å². The highest BCUT2D eigenvalue weighted by molar-refractivity contribution is 9.10. The van der Waals surface area contributed by atoms with Crippen LogP contribution in [0, 0.1) is 0 Å². The highest BCUT2D eigenvalue weighted by Gasteiger charge is 2.32. The Morgan fingerprint density at radius 3 is 2.71 bits per heavy atom. The van der Waals surface area contributed by atoms with E-state index >= 15 is 0 Å². The van der Waals surface area contributed by atoms with Crippen LogP contribution in [0.3, 0.4) is 0 Å². The molecule has 10 heteroatoms. The zero-order chi connectivity index (χ0) is 17.7. The average Bonchev–Trinajstić information content (AvgIpc) is 2.87. The van der Waals surface area contributed by atoms with E-state index < -0.39 is 11.2 Å². The molecule has 0 aromatic heterocycles. The Morgan fingerprint density at radius 2 is 2.08 bits per heavy atom. The Kier molecular flexibility index (Phi) is 6.21. The van der Waals surface area contributed by atoms with Gasteiger partial charge < -0.3 is 19.9 Å². The topological polar surface area (TPSA) is 110 Å². The van der Waals surface area contributed by atoms with Gasteiger partial charge in [0.25, 0.3) is 0 Å². The van der Waals surface area contributed by atoms with Crippen molar-refractivity contribution in [1.29, 1.82) is 0 Å². The molecular formula is C14H14BrN3O5S. The first-order valence-electron chi connectivity index (χ1n) is 6.66. The molecule has 1 fully saturated rings. The Hall–Kier alpha value is -2.07. The maximum Gasteiger partial charge on any atom is 0.305 e. The third kappa shape index (κ3) is 4.48. The standard InChI is InChI=1S/C14H14BrN3O5S/c1-22-9-3-7(8(15)4-10(9)23-2)6-16-18-14-17-13(21)11(24-14)5-12(19)20/h3-4,6,11H,5H2,1-2H3,(H,19,20)(H,17,18,21)/b16-6+. The molecular weight excluding hydrogens is 402 g/mol. The van der Waals surface area contributed by atoms with Crippen molar-refractivity contribution in [2.75, 3.05) is 14.2 Å². The smallest absolute Gasteiger partial charge is 0.305 e. The molecule has 2 rings (SSSR count). The van der Waals surface area contributed by atoms with Crippen molar-refractivity contribution in [2.45, 2.75) is 11.7 Å². The molecule has 1 aliphatic rings. The summed E-state index contributed by atoms with van der Waals surface area (Å²) >= 11 is 4.43. The van der Waals surface area contributed by atoms with Crippen LogP contribution in [-0.2, 0) is 9.59 Å². The molecule has 1 amide bonds. The van der Waals surface area contributed by atoms with Crippen LogP contribution < -0.4 is 14.8 Å². The quantitative estimate of drug-likeness (QED) is 0.541. The van der Waals surface area contributed by atoms with Gasteiger partial charge in [-0.15, -0.1) is 5.10 Å². The van der Waals surface area contributed by atoms with Crippen LogP contribution in [0.4, 0.5) is 0 Å². The van der Waals surface area contributed by atoms with Crippen molar-refractivity contribution in [3.63, 3.8) is 0 Å².